The van der Waals surface area contributed by atoms with E-state index in [-0.39, 0.29) is 0 Å². The summed E-state index contributed by atoms with van der Waals surface area (Å²) in [6.07, 6.45) is 5.28. The Morgan fingerprint density at radius 3 is 2.38 bits per heavy atom. The van der Waals surface area contributed by atoms with Gasteiger partial charge < -0.3 is 10.2 Å². The lowest BCUT2D eigenvalue weighted by Crippen LogP contribution is -2.31. The zero-order valence-electron chi connectivity index (χ0n) is 15.9. The van der Waals surface area contributed by atoms with E-state index in [4.69, 9.17) is 0 Å². The van der Waals surface area contributed by atoms with Crippen molar-refractivity contribution < 1.29 is 0 Å². The highest BCUT2D eigenvalue weighted by atomic mass is 79.9. The first kappa shape index (κ1) is 19.3. The molecule has 0 radical (unpaired) electrons. The molecule has 2 aromatic carbocycles. The number of hydrogen-bond acceptors (Lipinski definition) is 7. The molecule has 7 nitrogen and oxygen atoms in total. The van der Waals surface area contributed by atoms with Crippen molar-refractivity contribution in [3.63, 3.8) is 0 Å². The van der Waals surface area contributed by atoms with E-state index >= 15 is 0 Å². The van der Waals surface area contributed by atoms with Crippen molar-refractivity contribution in [3.05, 3.63) is 64.6 Å². The summed E-state index contributed by atoms with van der Waals surface area (Å²) < 4.78 is 0.974. The molecule has 3 aromatic rings. The fourth-order valence-electron chi connectivity index (χ4n) is 3.10. The molecule has 1 aromatic heterocycles. The van der Waals surface area contributed by atoms with Gasteiger partial charge in [0.2, 0.25) is 17.8 Å². The van der Waals surface area contributed by atoms with Crippen LogP contribution in [0.15, 0.2) is 64.2 Å². The maximum absolute atomic E-state index is 4.63. The summed E-state index contributed by atoms with van der Waals surface area (Å²) in [7, 11) is 0. The Balaban J connectivity index is 1.57. The first-order valence-corrected chi connectivity index (χ1v) is 10.4. The van der Waals surface area contributed by atoms with Gasteiger partial charge in [0.15, 0.2) is 0 Å². The average molecular weight is 452 g/mol. The molecule has 1 saturated heterocycles. The summed E-state index contributed by atoms with van der Waals surface area (Å²) in [5.74, 6) is 1.56. The second-order valence-electron chi connectivity index (χ2n) is 6.71. The van der Waals surface area contributed by atoms with E-state index < -0.39 is 0 Å². The molecule has 148 valence electrons. The fraction of sp³-hybridized carbons (Fsp3) is 0.238. The first-order valence-electron chi connectivity index (χ1n) is 9.65. The van der Waals surface area contributed by atoms with Crippen molar-refractivity contribution in [3.8, 4) is 0 Å². The molecule has 0 spiro atoms. The minimum absolute atomic E-state index is 0.405. The van der Waals surface area contributed by atoms with Crippen LogP contribution in [0.3, 0.4) is 0 Å². The number of aromatic nitrogens is 3. The highest BCUT2D eigenvalue weighted by Gasteiger charge is 2.16. The quantitative estimate of drug-likeness (QED) is 0.413. The maximum Gasteiger partial charge on any atom is 0.250 e. The van der Waals surface area contributed by atoms with E-state index in [2.05, 4.69) is 51.6 Å². The second-order valence-corrected chi connectivity index (χ2v) is 7.57. The lowest BCUT2D eigenvalue weighted by atomic mass is 10.1. The Morgan fingerprint density at radius 2 is 1.59 bits per heavy atom. The van der Waals surface area contributed by atoms with Crippen molar-refractivity contribution >= 4 is 45.7 Å². The van der Waals surface area contributed by atoms with Gasteiger partial charge in [-0.2, -0.15) is 20.1 Å². The number of para-hydroxylation sites is 1. The predicted octanol–water partition coefficient (Wildman–Crippen LogP) is 4.81. The summed E-state index contributed by atoms with van der Waals surface area (Å²) in [6.45, 7) is 1.91. The molecule has 0 bridgehead atoms. The molecule has 0 amide bonds. The number of hydrazone groups is 1. The summed E-state index contributed by atoms with van der Waals surface area (Å²) in [6, 6.07) is 17.7. The van der Waals surface area contributed by atoms with Gasteiger partial charge in [-0.05, 0) is 37.5 Å². The molecule has 2 heterocycles. The molecule has 1 aliphatic rings. The molecule has 8 heteroatoms. The average Bonchev–Trinajstić information content (AvgIpc) is 2.76. The van der Waals surface area contributed by atoms with Gasteiger partial charge in [0.25, 0.3) is 0 Å². The van der Waals surface area contributed by atoms with Crippen LogP contribution in [0.1, 0.15) is 24.8 Å². The highest BCUT2D eigenvalue weighted by Crippen LogP contribution is 2.21. The number of hydrogen-bond donors (Lipinski definition) is 2. The van der Waals surface area contributed by atoms with Crippen LogP contribution in [0.25, 0.3) is 0 Å². The van der Waals surface area contributed by atoms with E-state index in [1.165, 1.54) is 6.42 Å². The maximum atomic E-state index is 4.63. The second kappa shape index (κ2) is 9.47. The zero-order chi connectivity index (χ0) is 19.9. The van der Waals surface area contributed by atoms with E-state index in [0.29, 0.717) is 17.8 Å². The third kappa shape index (κ3) is 5.29. The Bertz CT molecular complexity index is 972. The van der Waals surface area contributed by atoms with Crippen LogP contribution in [-0.2, 0) is 0 Å². The molecular formula is C21H22BrN7. The standard InChI is InChI=1S/C21H22BrN7/c22-18-12-6-5-9-16(18)15-23-28-20-25-19(24-17-10-3-1-4-11-17)26-21(27-20)29-13-7-2-8-14-29/h1,3-6,9-12,15H,2,7-8,13-14H2,(H2,24,25,26,27,28)/b23-15-. The van der Waals surface area contributed by atoms with Crippen molar-refractivity contribution in [1.29, 1.82) is 0 Å². The molecule has 2 N–H and O–H groups in total. The van der Waals surface area contributed by atoms with Gasteiger partial charge in [0.05, 0.1) is 6.21 Å². The van der Waals surface area contributed by atoms with E-state index in [9.17, 15) is 0 Å². The number of piperidine rings is 1. The SMILES string of the molecule is Brc1ccccc1/C=N\Nc1nc(Nc2ccccc2)nc(N2CCCCC2)n1. The van der Waals surface area contributed by atoms with E-state index in [1.807, 2.05) is 54.6 Å². The smallest absolute Gasteiger partial charge is 0.250 e. The molecule has 1 fully saturated rings. The van der Waals surface area contributed by atoms with Gasteiger partial charge in [-0.1, -0.05) is 52.3 Å². The number of anilines is 4. The van der Waals surface area contributed by atoms with Gasteiger partial charge >= 0.3 is 0 Å². The largest absolute Gasteiger partial charge is 0.341 e. The molecule has 0 saturated carbocycles. The molecule has 0 unspecified atom stereocenters. The van der Waals surface area contributed by atoms with E-state index in [0.717, 1.165) is 41.7 Å². The van der Waals surface area contributed by atoms with Gasteiger partial charge in [-0.25, -0.2) is 5.43 Å². The van der Waals surface area contributed by atoms with Crippen LogP contribution in [0.5, 0.6) is 0 Å². The molecular weight excluding hydrogens is 430 g/mol. The van der Waals surface area contributed by atoms with Crippen LogP contribution in [0.2, 0.25) is 0 Å². The van der Waals surface area contributed by atoms with Crippen LogP contribution in [-0.4, -0.2) is 34.3 Å². The number of benzene rings is 2. The van der Waals surface area contributed by atoms with Crippen molar-refractivity contribution in [2.24, 2.45) is 5.10 Å². The van der Waals surface area contributed by atoms with Crippen LogP contribution in [0, 0.1) is 0 Å². The molecule has 0 atom stereocenters. The summed E-state index contributed by atoms with van der Waals surface area (Å²) in [5, 5.41) is 7.56. The number of nitrogens with one attached hydrogen (secondary N) is 2. The third-order valence-electron chi connectivity index (χ3n) is 4.57. The normalized spacial score (nSPS) is 14.2. The number of rotatable bonds is 6. The van der Waals surface area contributed by atoms with Crippen molar-refractivity contribution in [1.82, 2.24) is 15.0 Å². The monoisotopic (exact) mass is 451 g/mol. The zero-order valence-corrected chi connectivity index (χ0v) is 17.5. The van der Waals surface area contributed by atoms with Crippen molar-refractivity contribution in [2.45, 2.75) is 19.3 Å². The van der Waals surface area contributed by atoms with Crippen LogP contribution >= 0.6 is 15.9 Å². The van der Waals surface area contributed by atoms with Gasteiger partial charge in [0, 0.05) is 28.8 Å². The highest BCUT2D eigenvalue weighted by molar-refractivity contribution is 9.10. The van der Waals surface area contributed by atoms with Crippen LogP contribution < -0.4 is 15.6 Å². The molecule has 4 rings (SSSR count). The Kier molecular flexibility index (Phi) is 6.31. The molecule has 29 heavy (non-hydrogen) atoms. The van der Waals surface area contributed by atoms with Gasteiger partial charge in [-0.15, -0.1) is 0 Å². The van der Waals surface area contributed by atoms with Gasteiger partial charge in [-0.3, -0.25) is 0 Å². The lowest BCUT2D eigenvalue weighted by Gasteiger charge is -2.26. The Hall–Kier alpha value is -3.00. The molecule has 0 aliphatic carbocycles. The minimum Gasteiger partial charge on any atom is -0.341 e. The minimum atomic E-state index is 0.405. The Labute approximate surface area is 178 Å². The number of nitrogens with zero attached hydrogens (tertiary/aromatic N) is 5. The summed E-state index contributed by atoms with van der Waals surface area (Å²) in [4.78, 5) is 15.9. The lowest BCUT2D eigenvalue weighted by molar-refractivity contribution is 0.568. The summed E-state index contributed by atoms with van der Waals surface area (Å²) in [5.41, 5.74) is 4.83. The fourth-order valence-corrected chi connectivity index (χ4v) is 3.48. The third-order valence-corrected chi connectivity index (χ3v) is 5.29. The summed E-state index contributed by atoms with van der Waals surface area (Å²) >= 11 is 3.52. The van der Waals surface area contributed by atoms with Crippen LogP contribution in [0.4, 0.5) is 23.5 Å². The van der Waals surface area contributed by atoms with Gasteiger partial charge in [0.1, 0.15) is 0 Å². The molecule has 1 aliphatic heterocycles. The predicted molar refractivity (Wildman–Crippen MR) is 121 cm³/mol. The first-order chi connectivity index (χ1) is 14.3. The Morgan fingerprint density at radius 1 is 0.862 bits per heavy atom. The number of halogens is 1. The van der Waals surface area contributed by atoms with Crippen molar-refractivity contribution in [2.75, 3.05) is 28.7 Å². The topological polar surface area (TPSA) is 78.3 Å². The van der Waals surface area contributed by atoms with E-state index in [1.54, 1.807) is 6.21 Å².